The molecule has 0 fully saturated rings. The van der Waals surface area contributed by atoms with Crippen LogP contribution >= 0.6 is 23.4 Å². The Balaban J connectivity index is 1.80. The van der Waals surface area contributed by atoms with Crippen LogP contribution in [0.15, 0.2) is 53.4 Å². The molecule has 3 rings (SSSR count). The van der Waals surface area contributed by atoms with E-state index in [4.69, 9.17) is 17.3 Å². The molecule has 0 saturated heterocycles. The second-order valence-corrected chi connectivity index (χ2v) is 6.77. The van der Waals surface area contributed by atoms with Crippen LogP contribution in [0, 0.1) is 0 Å². The third-order valence-electron chi connectivity index (χ3n) is 3.97. The normalized spacial score (nSPS) is 18.8. The SMILES string of the molecule is NCC(CC1CSc2ccccc21)c1cccc(Cl)c1. The Hall–Kier alpha value is -0.960. The number of hydrogen-bond acceptors (Lipinski definition) is 2. The summed E-state index contributed by atoms with van der Waals surface area (Å²) in [5.74, 6) is 2.14. The Morgan fingerprint density at radius 3 is 2.85 bits per heavy atom. The molecule has 2 aromatic carbocycles. The smallest absolute Gasteiger partial charge is 0.0408 e. The van der Waals surface area contributed by atoms with Crippen LogP contribution in [-0.4, -0.2) is 12.3 Å². The minimum absolute atomic E-state index is 0.380. The van der Waals surface area contributed by atoms with Crippen molar-refractivity contribution in [1.29, 1.82) is 0 Å². The van der Waals surface area contributed by atoms with Crippen LogP contribution in [0.3, 0.4) is 0 Å². The first-order valence-corrected chi connectivity index (χ1v) is 8.31. The van der Waals surface area contributed by atoms with Gasteiger partial charge < -0.3 is 5.73 Å². The number of nitrogens with two attached hydrogens (primary N) is 1. The lowest BCUT2D eigenvalue weighted by molar-refractivity contribution is 0.570. The van der Waals surface area contributed by atoms with Crippen molar-refractivity contribution in [3.8, 4) is 0 Å². The van der Waals surface area contributed by atoms with Gasteiger partial charge in [-0.2, -0.15) is 0 Å². The molecule has 2 N–H and O–H groups in total. The van der Waals surface area contributed by atoms with E-state index in [0.29, 0.717) is 18.4 Å². The van der Waals surface area contributed by atoms with E-state index in [1.54, 1.807) is 0 Å². The zero-order chi connectivity index (χ0) is 13.9. The minimum Gasteiger partial charge on any atom is -0.330 e. The summed E-state index contributed by atoms with van der Waals surface area (Å²) in [7, 11) is 0. The second-order valence-electron chi connectivity index (χ2n) is 5.27. The predicted molar refractivity (Wildman–Crippen MR) is 87.8 cm³/mol. The van der Waals surface area contributed by atoms with E-state index in [0.717, 1.165) is 17.2 Å². The topological polar surface area (TPSA) is 26.0 Å². The van der Waals surface area contributed by atoms with Crippen LogP contribution in [0.4, 0.5) is 0 Å². The third kappa shape index (κ3) is 2.88. The standard InChI is InChI=1S/C17H18ClNS/c18-15-5-3-4-12(9-15)13(10-19)8-14-11-20-17-7-2-1-6-16(14)17/h1-7,9,13-14H,8,10-11,19H2. The van der Waals surface area contributed by atoms with Gasteiger partial charge in [0.1, 0.15) is 0 Å². The maximum absolute atomic E-state index is 6.10. The number of rotatable bonds is 4. The van der Waals surface area contributed by atoms with Crippen molar-refractivity contribution in [2.45, 2.75) is 23.2 Å². The van der Waals surface area contributed by atoms with Crippen molar-refractivity contribution < 1.29 is 0 Å². The Morgan fingerprint density at radius 1 is 1.20 bits per heavy atom. The molecule has 3 heteroatoms. The highest BCUT2D eigenvalue weighted by molar-refractivity contribution is 7.99. The highest BCUT2D eigenvalue weighted by Gasteiger charge is 2.25. The molecule has 1 aliphatic rings. The molecule has 1 heterocycles. The molecule has 0 amide bonds. The predicted octanol–water partition coefficient (Wildman–Crippen LogP) is 4.66. The number of thioether (sulfide) groups is 1. The Morgan fingerprint density at radius 2 is 2.05 bits per heavy atom. The molecule has 0 bridgehead atoms. The van der Waals surface area contributed by atoms with Crippen LogP contribution in [-0.2, 0) is 0 Å². The van der Waals surface area contributed by atoms with Crippen molar-refractivity contribution in [2.75, 3.05) is 12.3 Å². The van der Waals surface area contributed by atoms with Crippen LogP contribution in [0.25, 0.3) is 0 Å². The van der Waals surface area contributed by atoms with Crippen molar-refractivity contribution >= 4 is 23.4 Å². The highest BCUT2D eigenvalue weighted by Crippen LogP contribution is 2.43. The van der Waals surface area contributed by atoms with Crippen molar-refractivity contribution in [3.63, 3.8) is 0 Å². The monoisotopic (exact) mass is 303 g/mol. The Labute approximate surface area is 129 Å². The van der Waals surface area contributed by atoms with Gasteiger partial charge in [0, 0.05) is 15.7 Å². The van der Waals surface area contributed by atoms with E-state index in [2.05, 4.69) is 30.3 Å². The fraction of sp³-hybridized carbons (Fsp3) is 0.294. The molecule has 0 aromatic heterocycles. The quantitative estimate of drug-likeness (QED) is 0.889. The van der Waals surface area contributed by atoms with Gasteiger partial charge in [-0.3, -0.25) is 0 Å². The summed E-state index contributed by atoms with van der Waals surface area (Å²) in [6.07, 6.45) is 1.10. The van der Waals surface area contributed by atoms with Gasteiger partial charge in [0.05, 0.1) is 0 Å². The first-order chi connectivity index (χ1) is 9.78. The molecule has 2 atom stereocenters. The van der Waals surface area contributed by atoms with Gasteiger partial charge in [-0.1, -0.05) is 41.9 Å². The fourth-order valence-corrected chi connectivity index (χ4v) is 4.37. The number of hydrogen-bond donors (Lipinski definition) is 1. The average molecular weight is 304 g/mol. The van der Waals surface area contributed by atoms with Gasteiger partial charge in [0.25, 0.3) is 0 Å². The summed E-state index contributed by atoms with van der Waals surface area (Å²) >= 11 is 8.06. The summed E-state index contributed by atoms with van der Waals surface area (Å²) < 4.78 is 0. The fourth-order valence-electron chi connectivity index (χ4n) is 2.90. The largest absolute Gasteiger partial charge is 0.330 e. The molecule has 0 spiro atoms. The summed E-state index contributed by atoms with van der Waals surface area (Å²) in [6, 6.07) is 16.8. The average Bonchev–Trinajstić information content (AvgIpc) is 2.88. The van der Waals surface area contributed by atoms with Crippen LogP contribution in [0.5, 0.6) is 0 Å². The van der Waals surface area contributed by atoms with E-state index in [1.165, 1.54) is 16.0 Å². The summed E-state index contributed by atoms with van der Waals surface area (Å²) in [5.41, 5.74) is 8.75. The van der Waals surface area contributed by atoms with Gasteiger partial charge >= 0.3 is 0 Å². The van der Waals surface area contributed by atoms with Gasteiger partial charge in [-0.25, -0.2) is 0 Å². The summed E-state index contributed by atoms with van der Waals surface area (Å²) in [4.78, 5) is 1.43. The molecule has 2 unspecified atom stereocenters. The third-order valence-corrected chi connectivity index (χ3v) is 5.46. The van der Waals surface area contributed by atoms with Crippen molar-refractivity contribution in [1.82, 2.24) is 0 Å². The molecule has 0 aliphatic carbocycles. The van der Waals surface area contributed by atoms with Gasteiger partial charge in [-0.15, -0.1) is 11.8 Å². The molecule has 2 aromatic rings. The van der Waals surface area contributed by atoms with Crippen LogP contribution in [0.1, 0.15) is 29.4 Å². The van der Waals surface area contributed by atoms with E-state index in [-0.39, 0.29) is 0 Å². The lowest BCUT2D eigenvalue weighted by atomic mass is 9.86. The maximum Gasteiger partial charge on any atom is 0.0408 e. The van der Waals surface area contributed by atoms with Crippen molar-refractivity contribution in [3.05, 3.63) is 64.7 Å². The number of halogens is 1. The molecule has 0 radical (unpaired) electrons. The van der Waals surface area contributed by atoms with E-state index in [9.17, 15) is 0 Å². The molecule has 20 heavy (non-hydrogen) atoms. The van der Waals surface area contributed by atoms with Crippen LogP contribution in [0.2, 0.25) is 5.02 Å². The van der Waals surface area contributed by atoms with E-state index < -0.39 is 0 Å². The second kappa shape index (κ2) is 6.21. The van der Waals surface area contributed by atoms with Gasteiger partial charge in [0.15, 0.2) is 0 Å². The van der Waals surface area contributed by atoms with Gasteiger partial charge in [-0.05, 0) is 54.1 Å². The molecular formula is C17H18ClNS. The Bertz CT molecular complexity index is 599. The highest BCUT2D eigenvalue weighted by atomic mass is 35.5. The lowest BCUT2D eigenvalue weighted by Gasteiger charge is -2.20. The van der Waals surface area contributed by atoms with Gasteiger partial charge in [0.2, 0.25) is 0 Å². The molecular weight excluding hydrogens is 286 g/mol. The molecule has 1 nitrogen and oxygen atoms in total. The number of benzene rings is 2. The first-order valence-electron chi connectivity index (χ1n) is 6.95. The Kier molecular flexibility index (Phi) is 4.35. The van der Waals surface area contributed by atoms with E-state index in [1.807, 2.05) is 30.0 Å². The molecule has 104 valence electrons. The lowest BCUT2D eigenvalue weighted by Crippen LogP contribution is -2.16. The molecule has 0 saturated carbocycles. The summed E-state index contributed by atoms with van der Waals surface area (Å²) in [5, 5.41) is 0.794. The zero-order valence-corrected chi connectivity index (χ0v) is 12.8. The van der Waals surface area contributed by atoms with Crippen LogP contribution < -0.4 is 5.73 Å². The van der Waals surface area contributed by atoms with E-state index >= 15 is 0 Å². The number of fused-ring (bicyclic) bond motifs is 1. The van der Waals surface area contributed by atoms with Crippen molar-refractivity contribution in [2.24, 2.45) is 5.73 Å². The first kappa shape index (κ1) is 14.0. The maximum atomic E-state index is 6.10. The zero-order valence-electron chi connectivity index (χ0n) is 11.3. The minimum atomic E-state index is 0.380. The molecule has 1 aliphatic heterocycles. The summed E-state index contributed by atoms with van der Waals surface area (Å²) in [6.45, 7) is 0.670.